The monoisotopic (exact) mass is 350 g/mol. The van der Waals surface area contributed by atoms with Crippen LogP contribution in [0.4, 0.5) is 0 Å². The van der Waals surface area contributed by atoms with Gasteiger partial charge in [-0.3, -0.25) is 9.59 Å². The summed E-state index contributed by atoms with van der Waals surface area (Å²) in [6.45, 7) is 8.26. The lowest BCUT2D eigenvalue weighted by Gasteiger charge is -2.56. The number of ketones is 1. The van der Waals surface area contributed by atoms with E-state index in [1.807, 2.05) is 0 Å². The zero-order chi connectivity index (χ0) is 18.6. The van der Waals surface area contributed by atoms with Crippen molar-refractivity contribution in [2.24, 2.45) is 16.7 Å². The van der Waals surface area contributed by atoms with Gasteiger partial charge in [0.05, 0.1) is 6.42 Å². The lowest BCUT2D eigenvalue weighted by atomic mass is 9.48. The molecule has 0 unspecified atom stereocenters. The Bertz CT molecular complexity index is 634. The Labute approximate surface area is 149 Å². The minimum atomic E-state index is -1.14. The number of rotatable bonds is 3. The summed E-state index contributed by atoms with van der Waals surface area (Å²) in [5.74, 6) is -0.666. The third-order valence-corrected chi connectivity index (χ3v) is 6.96. The summed E-state index contributed by atoms with van der Waals surface area (Å²) in [4.78, 5) is 24.1. The highest BCUT2D eigenvalue weighted by Gasteiger charge is 2.56. The number of carbonyl (C=O) groups excluding carboxylic acids is 2. The van der Waals surface area contributed by atoms with Gasteiger partial charge in [0.2, 0.25) is 0 Å². The summed E-state index contributed by atoms with van der Waals surface area (Å²) in [6, 6.07) is 0. The van der Waals surface area contributed by atoms with E-state index in [4.69, 9.17) is 4.74 Å². The van der Waals surface area contributed by atoms with Crippen LogP contribution >= 0.6 is 0 Å². The minimum absolute atomic E-state index is 0.0154. The summed E-state index contributed by atoms with van der Waals surface area (Å²) in [6.07, 6.45) is 3.01. The molecular weight excluding hydrogens is 320 g/mol. The first-order valence-corrected chi connectivity index (χ1v) is 9.31. The summed E-state index contributed by atoms with van der Waals surface area (Å²) in [5, 5.41) is 21.3. The second-order valence-electron chi connectivity index (χ2n) is 9.21. The number of esters is 1. The Morgan fingerprint density at radius 2 is 1.88 bits per heavy atom. The molecule has 0 radical (unpaired) electrons. The minimum Gasteiger partial charge on any atom is -0.463 e. The van der Waals surface area contributed by atoms with Crippen LogP contribution in [0.3, 0.4) is 0 Å². The molecule has 1 heterocycles. The third-order valence-electron chi connectivity index (χ3n) is 6.96. The summed E-state index contributed by atoms with van der Waals surface area (Å²) >= 11 is 0. The van der Waals surface area contributed by atoms with Crippen molar-refractivity contribution in [3.63, 3.8) is 0 Å². The van der Waals surface area contributed by atoms with Crippen LogP contribution < -0.4 is 0 Å². The average Bonchev–Trinajstić information content (AvgIpc) is 2.83. The molecule has 3 aliphatic rings. The van der Waals surface area contributed by atoms with Crippen LogP contribution in [0.25, 0.3) is 0 Å². The van der Waals surface area contributed by atoms with Crippen LogP contribution in [0.1, 0.15) is 66.2 Å². The fourth-order valence-corrected chi connectivity index (χ4v) is 5.73. The maximum atomic E-state index is 12.7. The lowest BCUT2D eigenvalue weighted by molar-refractivity contribution is -0.140. The average molecular weight is 350 g/mol. The van der Waals surface area contributed by atoms with Crippen LogP contribution in [0.5, 0.6) is 0 Å². The standard InChI is InChI=1S/C20H30O5/c1-12-13(6-9-20(24)10-14(21)25-11-20)19(4)8-5-7-18(2,3)17(19)16(23)15(12)22/h16-17,23-24H,5-11H2,1-4H3/t16-,17+,19-,20-/m1/s1. The van der Waals surface area contributed by atoms with Crippen LogP contribution in [-0.4, -0.2) is 40.3 Å². The molecule has 5 nitrogen and oxygen atoms in total. The molecule has 1 saturated carbocycles. The lowest BCUT2D eigenvalue weighted by Crippen LogP contribution is -2.55. The number of aliphatic hydroxyl groups is 2. The molecule has 0 bridgehead atoms. The number of fused-ring (bicyclic) bond motifs is 1. The third kappa shape index (κ3) is 2.95. The molecule has 3 rings (SSSR count). The zero-order valence-corrected chi connectivity index (χ0v) is 15.7. The summed E-state index contributed by atoms with van der Waals surface area (Å²) in [5.41, 5.74) is 0.182. The molecule has 5 heteroatoms. The summed E-state index contributed by atoms with van der Waals surface area (Å²) < 4.78 is 4.93. The Kier molecular flexibility index (Phi) is 4.40. The van der Waals surface area contributed by atoms with Gasteiger partial charge in [0.25, 0.3) is 0 Å². The first kappa shape index (κ1) is 18.6. The van der Waals surface area contributed by atoms with Gasteiger partial charge in [-0.1, -0.05) is 32.8 Å². The number of allylic oxidation sites excluding steroid dienone is 1. The van der Waals surface area contributed by atoms with Crippen molar-refractivity contribution < 1.29 is 24.5 Å². The maximum Gasteiger partial charge on any atom is 0.308 e. The van der Waals surface area contributed by atoms with E-state index in [-0.39, 0.29) is 41.5 Å². The van der Waals surface area contributed by atoms with Gasteiger partial charge in [0, 0.05) is 5.92 Å². The molecule has 0 aromatic heterocycles. The molecule has 1 aliphatic heterocycles. The van der Waals surface area contributed by atoms with E-state index >= 15 is 0 Å². The molecule has 0 amide bonds. The van der Waals surface area contributed by atoms with Crippen molar-refractivity contribution in [3.05, 3.63) is 11.1 Å². The predicted molar refractivity (Wildman–Crippen MR) is 92.7 cm³/mol. The number of hydrogen-bond donors (Lipinski definition) is 2. The number of ether oxygens (including phenoxy) is 1. The quantitative estimate of drug-likeness (QED) is 0.764. The van der Waals surface area contributed by atoms with E-state index in [0.717, 1.165) is 24.8 Å². The Balaban J connectivity index is 1.93. The largest absolute Gasteiger partial charge is 0.463 e. The SMILES string of the molecule is CC1=C(CC[C@]2(O)COC(=O)C2)[C@@]2(C)CCCC(C)(C)[C@@H]2[C@H](O)C1=O. The normalized spacial score (nSPS) is 40.9. The van der Waals surface area contributed by atoms with Crippen molar-refractivity contribution in [2.45, 2.75) is 77.9 Å². The molecule has 0 aromatic carbocycles. The Hall–Kier alpha value is -1.20. The van der Waals surface area contributed by atoms with E-state index in [1.165, 1.54) is 0 Å². The smallest absolute Gasteiger partial charge is 0.308 e. The van der Waals surface area contributed by atoms with Crippen molar-refractivity contribution in [3.8, 4) is 0 Å². The number of aliphatic hydroxyl groups excluding tert-OH is 1. The molecule has 25 heavy (non-hydrogen) atoms. The van der Waals surface area contributed by atoms with E-state index in [0.29, 0.717) is 18.4 Å². The van der Waals surface area contributed by atoms with Crippen LogP contribution in [-0.2, 0) is 14.3 Å². The molecule has 4 atom stereocenters. The van der Waals surface area contributed by atoms with Gasteiger partial charge < -0.3 is 14.9 Å². The van der Waals surface area contributed by atoms with Crippen LogP contribution in [0, 0.1) is 16.7 Å². The van der Waals surface area contributed by atoms with Gasteiger partial charge in [-0.2, -0.15) is 0 Å². The van der Waals surface area contributed by atoms with Crippen LogP contribution in [0.15, 0.2) is 11.1 Å². The second kappa shape index (κ2) is 5.92. The fraction of sp³-hybridized carbons (Fsp3) is 0.800. The van der Waals surface area contributed by atoms with Gasteiger partial charge in [-0.25, -0.2) is 0 Å². The number of cyclic esters (lactones) is 1. The number of carbonyl (C=O) groups is 2. The molecular formula is C20H30O5. The van der Waals surface area contributed by atoms with Crippen LogP contribution in [0.2, 0.25) is 0 Å². The van der Waals surface area contributed by atoms with Crippen molar-refractivity contribution >= 4 is 11.8 Å². The first-order chi connectivity index (χ1) is 11.5. The van der Waals surface area contributed by atoms with Gasteiger partial charge in [0.1, 0.15) is 18.3 Å². The molecule has 140 valence electrons. The van der Waals surface area contributed by atoms with Crippen molar-refractivity contribution in [1.29, 1.82) is 0 Å². The van der Waals surface area contributed by atoms with E-state index in [1.54, 1.807) is 6.92 Å². The van der Waals surface area contributed by atoms with Gasteiger partial charge in [0.15, 0.2) is 5.78 Å². The van der Waals surface area contributed by atoms with Gasteiger partial charge in [-0.05, 0) is 49.0 Å². The number of Topliss-reactive ketones (excluding diaryl/α,β-unsaturated/α-hetero) is 1. The van der Waals surface area contributed by atoms with Crippen molar-refractivity contribution in [2.75, 3.05) is 6.61 Å². The fourth-order valence-electron chi connectivity index (χ4n) is 5.73. The molecule has 2 aliphatic carbocycles. The second-order valence-corrected chi connectivity index (χ2v) is 9.21. The highest BCUT2D eigenvalue weighted by atomic mass is 16.6. The van der Waals surface area contributed by atoms with Gasteiger partial charge >= 0.3 is 5.97 Å². The van der Waals surface area contributed by atoms with Crippen molar-refractivity contribution in [1.82, 2.24) is 0 Å². The van der Waals surface area contributed by atoms with E-state index in [2.05, 4.69) is 20.8 Å². The summed E-state index contributed by atoms with van der Waals surface area (Å²) in [7, 11) is 0. The molecule has 2 N–H and O–H groups in total. The highest BCUT2D eigenvalue weighted by Crippen LogP contribution is 2.59. The Morgan fingerprint density at radius 1 is 1.20 bits per heavy atom. The molecule has 2 fully saturated rings. The predicted octanol–water partition coefficient (Wildman–Crippen LogP) is 2.54. The first-order valence-electron chi connectivity index (χ1n) is 9.31. The van der Waals surface area contributed by atoms with E-state index < -0.39 is 11.7 Å². The molecule has 0 aromatic rings. The Morgan fingerprint density at radius 3 is 2.48 bits per heavy atom. The van der Waals surface area contributed by atoms with E-state index in [9.17, 15) is 19.8 Å². The van der Waals surface area contributed by atoms with Gasteiger partial charge in [-0.15, -0.1) is 0 Å². The zero-order valence-electron chi connectivity index (χ0n) is 15.7. The molecule has 1 saturated heterocycles. The maximum absolute atomic E-state index is 12.7. The topological polar surface area (TPSA) is 83.8 Å². The number of hydrogen-bond acceptors (Lipinski definition) is 5. The highest BCUT2D eigenvalue weighted by molar-refractivity contribution is 6.00. The molecule has 0 spiro atoms.